The van der Waals surface area contributed by atoms with Gasteiger partial charge in [0.25, 0.3) is 0 Å². The summed E-state index contributed by atoms with van der Waals surface area (Å²) in [7, 11) is 12.1. The van der Waals surface area contributed by atoms with Crippen molar-refractivity contribution in [3.8, 4) is 34.5 Å². The van der Waals surface area contributed by atoms with Crippen LogP contribution in [0.15, 0.2) is 42.5 Å². The number of benzene rings is 4. The van der Waals surface area contributed by atoms with Crippen molar-refractivity contribution in [3.63, 3.8) is 0 Å². The minimum absolute atomic E-state index is 0.0274. The molecular weight excluding hydrogens is 470 g/mol. The molecule has 0 aliphatic carbocycles. The van der Waals surface area contributed by atoms with Gasteiger partial charge in [-0.2, -0.15) is 0 Å². The Hall–Kier alpha value is -3.84. The van der Waals surface area contributed by atoms with Crippen LogP contribution in [0.2, 0.25) is 0 Å². The maximum Gasteiger partial charge on any atom is 0.203 e. The van der Waals surface area contributed by atoms with Gasteiger partial charge in [0.05, 0.1) is 48.7 Å². The normalized spacial score (nSPS) is 15.4. The number of hydrogen-bond acceptors (Lipinski definition) is 7. The molecule has 1 atom stereocenters. The molecule has 7 heteroatoms. The van der Waals surface area contributed by atoms with Crippen LogP contribution in [-0.2, 0) is 6.42 Å². The quantitative estimate of drug-likeness (QED) is 0.303. The van der Waals surface area contributed by atoms with Gasteiger partial charge in [0.15, 0.2) is 23.0 Å². The Kier molecular flexibility index (Phi) is 6.65. The minimum atomic E-state index is -0.0274. The maximum absolute atomic E-state index is 5.98. The molecule has 0 aromatic heterocycles. The van der Waals surface area contributed by atoms with Crippen molar-refractivity contribution in [2.75, 3.05) is 56.3 Å². The first-order valence-corrected chi connectivity index (χ1v) is 12.2. The number of rotatable bonds is 7. The first-order chi connectivity index (χ1) is 18.0. The van der Waals surface area contributed by atoms with Crippen LogP contribution in [0.4, 0.5) is 0 Å². The van der Waals surface area contributed by atoms with Gasteiger partial charge in [-0.15, -0.1) is 0 Å². The first-order valence-electron chi connectivity index (χ1n) is 12.2. The van der Waals surface area contributed by atoms with Gasteiger partial charge in [-0.25, -0.2) is 0 Å². The number of fused-ring (bicyclic) bond motifs is 4. The van der Waals surface area contributed by atoms with E-state index >= 15 is 0 Å². The zero-order chi connectivity index (χ0) is 26.3. The third-order valence-electron chi connectivity index (χ3n) is 7.39. The van der Waals surface area contributed by atoms with Gasteiger partial charge in [-0.05, 0) is 82.7 Å². The summed E-state index contributed by atoms with van der Waals surface area (Å²) in [6, 6.07) is 14.6. The highest BCUT2D eigenvalue weighted by molar-refractivity contribution is 6.14. The predicted octanol–water partition coefficient (Wildman–Crippen LogP) is 5.62. The molecule has 194 valence electrons. The zero-order valence-electron chi connectivity index (χ0n) is 22.4. The fraction of sp³-hybridized carbons (Fsp3) is 0.333. The van der Waals surface area contributed by atoms with E-state index < -0.39 is 0 Å². The number of nitrogens with zero attached hydrogens (tertiary/aromatic N) is 1. The Bertz CT molecular complexity index is 1480. The topological polar surface area (TPSA) is 58.6 Å². The van der Waals surface area contributed by atoms with Crippen molar-refractivity contribution in [2.45, 2.75) is 12.5 Å². The van der Waals surface area contributed by atoms with Crippen molar-refractivity contribution >= 4 is 21.5 Å². The predicted molar refractivity (Wildman–Crippen MR) is 145 cm³/mol. The second-order valence-electron chi connectivity index (χ2n) is 9.16. The van der Waals surface area contributed by atoms with Gasteiger partial charge in [-0.1, -0.05) is 6.07 Å². The zero-order valence-corrected chi connectivity index (χ0v) is 22.4. The lowest BCUT2D eigenvalue weighted by Crippen LogP contribution is -2.33. The lowest BCUT2D eigenvalue weighted by molar-refractivity contribution is 0.263. The summed E-state index contributed by atoms with van der Waals surface area (Å²) in [5, 5.41) is 4.07. The molecule has 0 amide bonds. The summed E-state index contributed by atoms with van der Waals surface area (Å²) in [5.41, 5.74) is 3.58. The van der Waals surface area contributed by atoms with E-state index in [-0.39, 0.29) is 6.04 Å². The SMILES string of the molecule is COc1ccc2cc(C3c4cc(OC)c(OC)cc4CCN3C)c3cc(OC)c(OC)c(OC)c3c2c1. The Labute approximate surface area is 217 Å². The highest BCUT2D eigenvalue weighted by Gasteiger charge is 2.31. The molecule has 0 spiro atoms. The van der Waals surface area contributed by atoms with E-state index in [0.29, 0.717) is 23.0 Å². The summed E-state index contributed by atoms with van der Waals surface area (Å²) in [5.74, 6) is 4.03. The van der Waals surface area contributed by atoms with E-state index in [4.69, 9.17) is 28.4 Å². The van der Waals surface area contributed by atoms with Gasteiger partial charge in [0, 0.05) is 11.9 Å². The van der Waals surface area contributed by atoms with Crippen molar-refractivity contribution in [2.24, 2.45) is 0 Å². The smallest absolute Gasteiger partial charge is 0.203 e. The molecule has 0 radical (unpaired) electrons. The lowest BCUT2D eigenvalue weighted by atomic mass is 9.84. The van der Waals surface area contributed by atoms with Crippen LogP contribution in [0.5, 0.6) is 34.5 Å². The molecule has 37 heavy (non-hydrogen) atoms. The van der Waals surface area contributed by atoms with Crippen LogP contribution in [0.3, 0.4) is 0 Å². The van der Waals surface area contributed by atoms with E-state index in [1.54, 1.807) is 42.7 Å². The molecule has 0 saturated heterocycles. The molecule has 4 aromatic rings. The summed E-state index contributed by atoms with van der Waals surface area (Å²) >= 11 is 0. The largest absolute Gasteiger partial charge is 0.497 e. The molecule has 7 nitrogen and oxygen atoms in total. The Morgan fingerprint density at radius 2 is 1.35 bits per heavy atom. The van der Waals surface area contributed by atoms with Gasteiger partial charge in [-0.3, -0.25) is 4.90 Å². The van der Waals surface area contributed by atoms with Gasteiger partial charge >= 0.3 is 0 Å². The Morgan fingerprint density at radius 1 is 0.649 bits per heavy atom. The highest BCUT2D eigenvalue weighted by atomic mass is 16.5. The van der Waals surface area contributed by atoms with E-state index in [1.807, 2.05) is 18.2 Å². The molecule has 5 rings (SSSR count). The lowest BCUT2D eigenvalue weighted by Gasteiger charge is -2.36. The second kappa shape index (κ2) is 9.90. The van der Waals surface area contributed by atoms with Gasteiger partial charge < -0.3 is 28.4 Å². The molecule has 0 N–H and O–H groups in total. The number of methoxy groups -OCH3 is 6. The van der Waals surface area contributed by atoms with E-state index in [1.165, 1.54) is 11.1 Å². The van der Waals surface area contributed by atoms with Crippen LogP contribution >= 0.6 is 0 Å². The summed E-state index contributed by atoms with van der Waals surface area (Å²) in [6.45, 7) is 0.902. The van der Waals surface area contributed by atoms with Gasteiger partial charge in [0.2, 0.25) is 5.75 Å². The highest BCUT2D eigenvalue weighted by Crippen LogP contribution is 2.50. The molecule has 4 aromatic carbocycles. The van der Waals surface area contributed by atoms with Crippen molar-refractivity contribution in [1.82, 2.24) is 4.90 Å². The van der Waals surface area contributed by atoms with E-state index in [2.05, 4.69) is 36.2 Å². The molecule has 1 aliphatic rings. The molecule has 0 fully saturated rings. The monoisotopic (exact) mass is 503 g/mol. The van der Waals surface area contributed by atoms with Crippen LogP contribution < -0.4 is 28.4 Å². The molecule has 1 aliphatic heterocycles. The Balaban J connectivity index is 1.91. The number of hydrogen-bond donors (Lipinski definition) is 0. The second-order valence-corrected chi connectivity index (χ2v) is 9.16. The third-order valence-corrected chi connectivity index (χ3v) is 7.39. The first kappa shape index (κ1) is 24.8. The maximum atomic E-state index is 5.98. The van der Waals surface area contributed by atoms with Crippen LogP contribution in [-0.4, -0.2) is 61.2 Å². The van der Waals surface area contributed by atoms with Crippen LogP contribution in [0.25, 0.3) is 21.5 Å². The molecule has 0 saturated carbocycles. The van der Waals surface area contributed by atoms with Crippen molar-refractivity contribution < 1.29 is 28.4 Å². The molecule has 0 bridgehead atoms. The Morgan fingerprint density at radius 3 is 2.00 bits per heavy atom. The fourth-order valence-electron chi connectivity index (χ4n) is 5.60. The average Bonchev–Trinajstić information content (AvgIpc) is 2.94. The molecule has 1 unspecified atom stereocenters. The summed E-state index contributed by atoms with van der Waals surface area (Å²) in [6.07, 6.45) is 0.922. The summed E-state index contributed by atoms with van der Waals surface area (Å²) < 4.78 is 34.4. The summed E-state index contributed by atoms with van der Waals surface area (Å²) in [4.78, 5) is 2.38. The fourth-order valence-corrected chi connectivity index (χ4v) is 5.60. The van der Waals surface area contributed by atoms with E-state index in [0.717, 1.165) is 51.6 Å². The number of ether oxygens (including phenoxy) is 6. The third kappa shape index (κ3) is 3.94. The minimum Gasteiger partial charge on any atom is -0.497 e. The standard InChI is InChI=1S/C30H33NO6/c1-31-11-10-18-13-24(33-3)25(34-4)15-21(18)28(31)23-12-17-8-9-19(32-2)14-20(17)27-22(23)16-26(35-5)29(36-6)30(27)37-7/h8-9,12-16,28H,10-11H2,1-7H3. The van der Waals surface area contributed by atoms with Crippen molar-refractivity contribution in [3.05, 3.63) is 59.2 Å². The van der Waals surface area contributed by atoms with E-state index in [9.17, 15) is 0 Å². The van der Waals surface area contributed by atoms with Gasteiger partial charge in [0.1, 0.15) is 5.75 Å². The average molecular weight is 504 g/mol. The number of likely N-dealkylation sites (N-methyl/N-ethyl adjacent to an activating group) is 1. The van der Waals surface area contributed by atoms with Crippen molar-refractivity contribution in [1.29, 1.82) is 0 Å². The molecule has 1 heterocycles. The molecular formula is C30H33NO6. The van der Waals surface area contributed by atoms with Crippen LogP contribution in [0, 0.1) is 0 Å². The van der Waals surface area contributed by atoms with Crippen LogP contribution in [0.1, 0.15) is 22.7 Å².